The average Bonchev–Trinajstić information content (AvgIpc) is 1.88. The molecule has 0 spiro atoms. The van der Waals surface area contributed by atoms with E-state index in [0.717, 1.165) is 13.1 Å². The maximum absolute atomic E-state index is 10.5. The van der Waals surface area contributed by atoms with Gasteiger partial charge in [-0.15, -0.1) is 0 Å². The predicted octanol–water partition coefficient (Wildman–Crippen LogP) is -0.979. The van der Waals surface area contributed by atoms with Gasteiger partial charge in [0.05, 0.1) is 0 Å². The van der Waals surface area contributed by atoms with Crippen molar-refractivity contribution in [1.82, 2.24) is 10.6 Å². The molecule has 2 atom stereocenters. The second-order valence-corrected chi connectivity index (χ2v) is 2.51. The van der Waals surface area contributed by atoms with Gasteiger partial charge >= 0.3 is 5.97 Å². The zero-order valence-electron chi connectivity index (χ0n) is 5.92. The Labute approximate surface area is 59.6 Å². The first-order valence-corrected chi connectivity index (χ1v) is 3.41. The van der Waals surface area contributed by atoms with Crippen LogP contribution in [0.1, 0.15) is 6.92 Å². The number of aliphatic carboxylic acids is 1. The third kappa shape index (κ3) is 1.46. The van der Waals surface area contributed by atoms with Crippen LogP contribution >= 0.6 is 0 Å². The standard InChI is InChI=1S/C6H12N2O2/c1-4-5(6(9)10)8-3-2-7-4/h4-5,7-8H,2-3H2,1H3,(H,9,10)/t4?,5-/m1/s1. The van der Waals surface area contributed by atoms with Crippen LogP contribution in [0.3, 0.4) is 0 Å². The van der Waals surface area contributed by atoms with Crippen molar-refractivity contribution in [2.75, 3.05) is 13.1 Å². The van der Waals surface area contributed by atoms with Crippen LogP contribution in [0.5, 0.6) is 0 Å². The Balaban J connectivity index is 2.47. The average molecular weight is 144 g/mol. The highest BCUT2D eigenvalue weighted by atomic mass is 16.4. The molecule has 0 amide bonds. The topological polar surface area (TPSA) is 61.4 Å². The number of hydrogen-bond donors (Lipinski definition) is 3. The lowest BCUT2D eigenvalue weighted by Crippen LogP contribution is -2.57. The summed E-state index contributed by atoms with van der Waals surface area (Å²) in [5, 5.41) is 14.6. The van der Waals surface area contributed by atoms with E-state index < -0.39 is 12.0 Å². The van der Waals surface area contributed by atoms with Crippen LogP contribution in [0.15, 0.2) is 0 Å². The monoisotopic (exact) mass is 144 g/mol. The van der Waals surface area contributed by atoms with E-state index in [9.17, 15) is 4.79 Å². The molecule has 3 N–H and O–H groups in total. The molecule has 4 nitrogen and oxygen atoms in total. The summed E-state index contributed by atoms with van der Waals surface area (Å²) in [5.74, 6) is -0.778. The fourth-order valence-corrected chi connectivity index (χ4v) is 1.12. The minimum absolute atomic E-state index is 0.0336. The lowest BCUT2D eigenvalue weighted by Gasteiger charge is -2.27. The van der Waals surface area contributed by atoms with Gasteiger partial charge in [0.2, 0.25) is 0 Å². The third-order valence-corrected chi connectivity index (χ3v) is 1.72. The Kier molecular flexibility index (Phi) is 2.24. The molecule has 1 rings (SSSR count). The van der Waals surface area contributed by atoms with Gasteiger partial charge in [-0.25, -0.2) is 0 Å². The smallest absolute Gasteiger partial charge is 0.322 e. The summed E-state index contributed by atoms with van der Waals surface area (Å²) >= 11 is 0. The number of carbonyl (C=O) groups is 1. The van der Waals surface area contributed by atoms with Crippen molar-refractivity contribution in [2.24, 2.45) is 0 Å². The van der Waals surface area contributed by atoms with E-state index in [1.165, 1.54) is 0 Å². The molecule has 0 aromatic carbocycles. The molecule has 0 aromatic heterocycles. The molecule has 1 heterocycles. The van der Waals surface area contributed by atoms with Crippen LogP contribution < -0.4 is 10.6 Å². The molecular weight excluding hydrogens is 132 g/mol. The van der Waals surface area contributed by atoms with Gasteiger partial charge in [-0.05, 0) is 6.92 Å². The first kappa shape index (κ1) is 7.50. The number of rotatable bonds is 1. The van der Waals surface area contributed by atoms with Crippen molar-refractivity contribution in [3.8, 4) is 0 Å². The highest BCUT2D eigenvalue weighted by molar-refractivity contribution is 5.74. The molecule has 10 heavy (non-hydrogen) atoms. The van der Waals surface area contributed by atoms with E-state index in [1.54, 1.807) is 0 Å². The Hall–Kier alpha value is -0.610. The van der Waals surface area contributed by atoms with Crippen LogP contribution in [0.2, 0.25) is 0 Å². The third-order valence-electron chi connectivity index (χ3n) is 1.72. The molecule has 1 aliphatic rings. The van der Waals surface area contributed by atoms with Crippen molar-refractivity contribution in [3.05, 3.63) is 0 Å². The summed E-state index contributed by atoms with van der Waals surface area (Å²) < 4.78 is 0. The van der Waals surface area contributed by atoms with E-state index in [1.807, 2.05) is 6.92 Å². The summed E-state index contributed by atoms with van der Waals surface area (Å²) in [6, 6.07) is -0.389. The van der Waals surface area contributed by atoms with E-state index in [4.69, 9.17) is 5.11 Å². The normalized spacial score (nSPS) is 33.7. The van der Waals surface area contributed by atoms with Crippen molar-refractivity contribution >= 4 is 5.97 Å². The molecule has 0 aliphatic carbocycles. The predicted molar refractivity (Wildman–Crippen MR) is 36.9 cm³/mol. The van der Waals surface area contributed by atoms with Crippen molar-refractivity contribution in [1.29, 1.82) is 0 Å². The first-order valence-electron chi connectivity index (χ1n) is 3.41. The van der Waals surface area contributed by atoms with Gasteiger partial charge in [0, 0.05) is 19.1 Å². The van der Waals surface area contributed by atoms with Crippen LogP contribution in [-0.4, -0.2) is 36.2 Å². The Morgan fingerprint density at radius 1 is 1.50 bits per heavy atom. The van der Waals surface area contributed by atoms with Crippen molar-refractivity contribution in [3.63, 3.8) is 0 Å². The molecule has 1 aliphatic heterocycles. The maximum atomic E-state index is 10.5. The Bertz CT molecular complexity index is 138. The largest absolute Gasteiger partial charge is 0.480 e. The fraction of sp³-hybridized carbons (Fsp3) is 0.833. The van der Waals surface area contributed by atoms with Gasteiger partial charge in [0.15, 0.2) is 0 Å². The summed E-state index contributed by atoms with van der Waals surface area (Å²) in [4.78, 5) is 10.5. The van der Waals surface area contributed by atoms with E-state index in [0.29, 0.717) is 0 Å². The van der Waals surface area contributed by atoms with Crippen LogP contribution in [-0.2, 0) is 4.79 Å². The molecule has 0 bridgehead atoms. The zero-order valence-corrected chi connectivity index (χ0v) is 5.92. The fourth-order valence-electron chi connectivity index (χ4n) is 1.12. The van der Waals surface area contributed by atoms with Crippen LogP contribution in [0.4, 0.5) is 0 Å². The lowest BCUT2D eigenvalue weighted by molar-refractivity contribution is -0.140. The van der Waals surface area contributed by atoms with Gasteiger partial charge in [0.25, 0.3) is 0 Å². The molecule has 4 heteroatoms. The van der Waals surface area contributed by atoms with E-state index in [2.05, 4.69) is 10.6 Å². The lowest BCUT2D eigenvalue weighted by atomic mass is 10.1. The molecule has 0 aromatic rings. The highest BCUT2D eigenvalue weighted by Crippen LogP contribution is 1.96. The molecular formula is C6H12N2O2. The Morgan fingerprint density at radius 3 is 2.50 bits per heavy atom. The van der Waals surface area contributed by atoms with Crippen LogP contribution in [0, 0.1) is 0 Å². The van der Waals surface area contributed by atoms with Crippen molar-refractivity contribution < 1.29 is 9.90 Å². The summed E-state index contributed by atoms with van der Waals surface area (Å²) in [7, 11) is 0. The molecule has 1 saturated heterocycles. The second kappa shape index (κ2) is 2.98. The number of nitrogens with one attached hydrogen (secondary N) is 2. The highest BCUT2D eigenvalue weighted by Gasteiger charge is 2.25. The number of piperazine rings is 1. The first-order chi connectivity index (χ1) is 4.72. The summed E-state index contributed by atoms with van der Waals surface area (Å²) in [6.07, 6.45) is 0. The number of carboxylic acid groups (broad SMARTS) is 1. The Morgan fingerprint density at radius 2 is 2.10 bits per heavy atom. The summed E-state index contributed by atoms with van der Waals surface area (Å²) in [5.41, 5.74) is 0. The molecule has 1 unspecified atom stereocenters. The quantitative estimate of drug-likeness (QED) is 0.442. The van der Waals surface area contributed by atoms with Crippen LogP contribution in [0.25, 0.3) is 0 Å². The molecule has 0 saturated carbocycles. The summed E-state index contributed by atoms with van der Waals surface area (Å²) in [6.45, 7) is 3.46. The zero-order chi connectivity index (χ0) is 7.56. The second-order valence-electron chi connectivity index (χ2n) is 2.51. The van der Waals surface area contributed by atoms with E-state index >= 15 is 0 Å². The maximum Gasteiger partial charge on any atom is 0.322 e. The van der Waals surface area contributed by atoms with Gasteiger partial charge in [0.1, 0.15) is 6.04 Å². The van der Waals surface area contributed by atoms with Crippen molar-refractivity contribution in [2.45, 2.75) is 19.0 Å². The van der Waals surface area contributed by atoms with Gasteiger partial charge in [-0.1, -0.05) is 0 Å². The SMILES string of the molecule is CC1NCCN[C@H]1C(=O)O. The van der Waals surface area contributed by atoms with Gasteiger partial charge < -0.3 is 15.7 Å². The van der Waals surface area contributed by atoms with Gasteiger partial charge in [-0.3, -0.25) is 4.79 Å². The number of carboxylic acids is 1. The molecule has 0 radical (unpaired) electrons. The molecule has 58 valence electrons. The van der Waals surface area contributed by atoms with Gasteiger partial charge in [-0.2, -0.15) is 0 Å². The molecule has 1 fully saturated rings. The minimum Gasteiger partial charge on any atom is -0.480 e. The number of hydrogen-bond acceptors (Lipinski definition) is 3. The minimum atomic E-state index is -0.778. The van der Waals surface area contributed by atoms with E-state index in [-0.39, 0.29) is 6.04 Å².